The molecule has 1 unspecified atom stereocenters. The Bertz CT molecular complexity index is 243. The molecule has 0 spiro atoms. The van der Waals surface area contributed by atoms with Crippen LogP contribution in [0.2, 0.25) is 0 Å². The first-order valence-corrected chi connectivity index (χ1v) is 4.11. The first-order valence-electron chi connectivity index (χ1n) is 4.11. The number of nitrogens with two attached hydrogens (primary N) is 1. The topological polar surface area (TPSA) is 97.4 Å². The van der Waals surface area contributed by atoms with Gasteiger partial charge in [-0.05, 0) is 0 Å². The van der Waals surface area contributed by atoms with Crippen molar-refractivity contribution in [3.63, 3.8) is 0 Å². The minimum absolute atomic E-state index is 0.0430. The Hall–Kier alpha value is -1.50. The van der Waals surface area contributed by atoms with Crippen LogP contribution in [0.15, 0.2) is 5.16 Å². The van der Waals surface area contributed by atoms with Crippen LogP contribution >= 0.6 is 0 Å². The first kappa shape index (κ1) is 10.6. The fraction of sp³-hybridized carbons (Fsp3) is 0.714. The molecule has 7 nitrogen and oxygen atoms in total. The smallest absolute Gasteiger partial charge is 0.409 e. The van der Waals surface area contributed by atoms with Crippen molar-refractivity contribution in [2.75, 3.05) is 26.8 Å². The number of hydrogen-bond donors (Lipinski definition) is 2. The zero-order valence-corrected chi connectivity index (χ0v) is 7.84. The third kappa shape index (κ3) is 2.25. The monoisotopic (exact) mass is 203 g/mol. The van der Waals surface area contributed by atoms with Crippen molar-refractivity contribution in [2.24, 2.45) is 10.9 Å². The first-order chi connectivity index (χ1) is 6.69. The summed E-state index contributed by atoms with van der Waals surface area (Å²) in [5, 5.41) is 11.2. The maximum Gasteiger partial charge on any atom is 0.409 e. The van der Waals surface area contributed by atoms with E-state index in [2.05, 4.69) is 9.89 Å². The largest absolute Gasteiger partial charge is 0.453 e. The number of nitrogens with zero attached hydrogens (tertiary/aromatic N) is 2. The third-order valence-corrected chi connectivity index (χ3v) is 1.94. The lowest BCUT2D eigenvalue weighted by atomic mass is 10.2. The average Bonchev–Trinajstić information content (AvgIpc) is 2.27. The quantitative estimate of drug-likeness (QED) is 0.251. The Balaban J connectivity index is 2.56. The van der Waals surface area contributed by atoms with Gasteiger partial charge in [0.2, 0.25) is 0 Å². The van der Waals surface area contributed by atoms with Gasteiger partial charge in [-0.15, -0.1) is 0 Å². The molecule has 1 heterocycles. The number of carbonyl (C=O) groups excluding carboxylic acids is 1. The summed E-state index contributed by atoms with van der Waals surface area (Å²) in [5.41, 5.74) is 5.35. The summed E-state index contributed by atoms with van der Waals surface area (Å²) >= 11 is 0. The minimum Gasteiger partial charge on any atom is -0.453 e. The van der Waals surface area contributed by atoms with Gasteiger partial charge in [0, 0.05) is 6.54 Å². The molecule has 7 heteroatoms. The summed E-state index contributed by atoms with van der Waals surface area (Å²) in [6.07, 6.45) is -1.00. The molecular weight excluding hydrogens is 190 g/mol. The number of amidine groups is 1. The molecule has 0 bridgehead atoms. The molecule has 1 rings (SSSR count). The second-order valence-electron chi connectivity index (χ2n) is 2.80. The Morgan fingerprint density at radius 3 is 3.07 bits per heavy atom. The Morgan fingerprint density at radius 2 is 2.50 bits per heavy atom. The molecule has 1 aliphatic rings. The second-order valence-corrected chi connectivity index (χ2v) is 2.80. The van der Waals surface area contributed by atoms with Crippen molar-refractivity contribution in [3.8, 4) is 0 Å². The van der Waals surface area contributed by atoms with Gasteiger partial charge in [0.05, 0.1) is 20.3 Å². The normalized spacial score (nSPS) is 23.4. The Kier molecular flexibility index (Phi) is 3.52. The molecule has 0 aromatic carbocycles. The fourth-order valence-corrected chi connectivity index (χ4v) is 1.19. The highest BCUT2D eigenvalue weighted by Gasteiger charge is 2.27. The number of oxime groups is 1. The van der Waals surface area contributed by atoms with E-state index >= 15 is 0 Å². The van der Waals surface area contributed by atoms with E-state index in [9.17, 15) is 4.79 Å². The van der Waals surface area contributed by atoms with E-state index in [-0.39, 0.29) is 12.4 Å². The van der Waals surface area contributed by atoms with Crippen LogP contribution < -0.4 is 5.73 Å². The van der Waals surface area contributed by atoms with E-state index < -0.39 is 12.2 Å². The van der Waals surface area contributed by atoms with Crippen LogP contribution in [-0.4, -0.2) is 54.9 Å². The van der Waals surface area contributed by atoms with Crippen LogP contribution in [0.3, 0.4) is 0 Å². The average molecular weight is 203 g/mol. The van der Waals surface area contributed by atoms with Gasteiger partial charge in [-0.1, -0.05) is 5.16 Å². The molecule has 1 fully saturated rings. The second kappa shape index (κ2) is 4.66. The number of methoxy groups -OCH3 is 1. The molecule has 3 N–H and O–H groups in total. The van der Waals surface area contributed by atoms with Crippen molar-refractivity contribution < 1.29 is 19.5 Å². The predicted octanol–water partition coefficient (Wildman–Crippen LogP) is -0.800. The molecule has 1 amide bonds. The van der Waals surface area contributed by atoms with Crippen LogP contribution in [0.1, 0.15) is 0 Å². The lowest BCUT2D eigenvalue weighted by Crippen LogP contribution is -2.50. The standard InChI is InChI=1S/C7H13N3O4/c1-13-7(11)10-2-3-14-5(4-10)6(8)9-12/h5,12H,2-4H2,1H3,(H2,8,9). The highest BCUT2D eigenvalue weighted by molar-refractivity contribution is 5.85. The Labute approximate surface area is 81.1 Å². The summed E-state index contributed by atoms with van der Waals surface area (Å²) < 4.78 is 9.73. The van der Waals surface area contributed by atoms with E-state index in [4.69, 9.17) is 15.7 Å². The lowest BCUT2D eigenvalue weighted by molar-refractivity contribution is 0.00559. The Morgan fingerprint density at radius 1 is 1.79 bits per heavy atom. The molecule has 0 aromatic rings. The van der Waals surface area contributed by atoms with E-state index in [1.165, 1.54) is 12.0 Å². The van der Waals surface area contributed by atoms with E-state index in [1.54, 1.807) is 0 Å². The van der Waals surface area contributed by atoms with E-state index in [1.807, 2.05) is 0 Å². The van der Waals surface area contributed by atoms with Gasteiger partial charge < -0.3 is 25.3 Å². The van der Waals surface area contributed by atoms with Gasteiger partial charge >= 0.3 is 6.09 Å². The molecule has 1 saturated heterocycles. The molecule has 0 aliphatic carbocycles. The molecule has 0 saturated carbocycles. The summed E-state index contributed by atoms with van der Waals surface area (Å²) in [6, 6.07) is 0. The lowest BCUT2D eigenvalue weighted by Gasteiger charge is -2.30. The van der Waals surface area contributed by atoms with Crippen molar-refractivity contribution in [2.45, 2.75) is 6.10 Å². The van der Waals surface area contributed by atoms with Crippen LogP contribution in [0.5, 0.6) is 0 Å². The van der Waals surface area contributed by atoms with Crippen molar-refractivity contribution in [1.82, 2.24) is 4.90 Å². The molecule has 0 radical (unpaired) electrons. The van der Waals surface area contributed by atoms with Gasteiger partial charge in [-0.2, -0.15) is 0 Å². The van der Waals surface area contributed by atoms with Crippen LogP contribution in [0, 0.1) is 0 Å². The van der Waals surface area contributed by atoms with Crippen molar-refractivity contribution >= 4 is 11.9 Å². The van der Waals surface area contributed by atoms with Gasteiger partial charge in [0.25, 0.3) is 0 Å². The summed E-state index contributed by atoms with van der Waals surface area (Å²) in [5.74, 6) is -0.0430. The third-order valence-electron chi connectivity index (χ3n) is 1.94. The zero-order valence-electron chi connectivity index (χ0n) is 7.84. The summed E-state index contributed by atoms with van der Waals surface area (Å²) in [4.78, 5) is 12.6. The number of ether oxygens (including phenoxy) is 2. The van der Waals surface area contributed by atoms with Crippen molar-refractivity contribution in [1.29, 1.82) is 0 Å². The SMILES string of the molecule is COC(=O)N1CCOC(C(N)=NO)C1. The van der Waals surface area contributed by atoms with Gasteiger partial charge in [0.1, 0.15) is 6.10 Å². The summed E-state index contributed by atoms with van der Waals surface area (Å²) in [6.45, 7) is 1.03. The molecule has 80 valence electrons. The van der Waals surface area contributed by atoms with Crippen LogP contribution in [0.25, 0.3) is 0 Å². The number of amides is 1. The number of hydrogen-bond acceptors (Lipinski definition) is 5. The number of rotatable bonds is 1. The maximum absolute atomic E-state index is 11.1. The van der Waals surface area contributed by atoms with Gasteiger partial charge in [-0.25, -0.2) is 4.79 Å². The molecule has 14 heavy (non-hydrogen) atoms. The maximum atomic E-state index is 11.1. The predicted molar refractivity (Wildman–Crippen MR) is 47.1 cm³/mol. The van der Waals surface area contributed by atoms with Gasteiger partial charge in [0.15, 0.2) is 5.84 Å². The highest BCUT2D eigenvalue weighted by Crippen LogP contribution is 2.06. The molecule has 0 aromatic heterocycles. The summed E-state index contributed by atoms with van der Waals surface area (Å²) in [7, 11) is 1.30. The molecule has 1 aliphatic heterocycles. The number of morpholine rings is 1. The zero-order chi connectivity index (χ0) is 10.6. The number of carbonyl (C=O) groups is 1. The molecular formula is C7H13N3O4. The minimum atomic E-state index is -0.562. The highest BCUT2D eigenvalue weighted by atomic mass is 16.5. The van der Waals surface area contributed by atoms with E-state index in [0.29, 0.717) is 13.2 Å². The van der Waals surface area contributed by atoms with Gasteiger partial charge in [-0.3, -0.25) is 0 Å². The van der Waals surface area contributed by atoms with E-state index in [0.717, 1.165) is 0 Å². The van der Waals surface area contributed by atoms with Crippen LogP contribution in [-0.2, 0) is 9.47 Å². The molecule has 1 atom stereocenters. The van der Waals surface area contributed by atoms with Crippen LogP contribution in [0.4, 0.5) is 4.79 Å². The fourth-order valence-electron chi connectivity index (χ4n) is 1.19. The van der Waals surface area contributed by atoms with Crippen molar-refractivity contribution in [3.05, 3.63) is 0 Å².